The van der Waals surface area contributed by atoms with Crippen LogP contribution in [0.25, 0.3) is 0 Å². The zero-order valence-corrected chi connectivity index (χ0v) is 13.0. The van der Waals surface area contributed by atoms with E-state index in [1.54, 1.807) is 0 Å². The van der Waals surface area contributed by atoms with E-state index in [0.717, 1.165) is 6.42 Å². The fraction of sp³-hybridized carbons (Fsp3) is 0.400. The van der Waals surface area contributed by atoms with Crippen molar-refractivity contribution in [1.82, 2.24) is 5.32 Å². The Morgan fingerprint density at radius 1 is 1.36 bits per heavy atom. The van der Waals surface area contributed by atoms with Crippen molar-refractivity contribution < 1.29 is 19.5 Å². The van der Waals surface area contributed by atoms with Crippen molar-refractivity contribution in [3.05, 3.63) is 29.8 Å². The van der Waals surface area contributed by atoms with Gasteiger partial charge in [0.25, 0.3) is 0 Å². The van der Waals surface area contributed by atoms with Gasteiger partial charge in [0.15, 0.2) is 0 Å². The Balaban J connectivity index is 1.86. The van der Waals surface area contributed by atoms with Crippen LogP contribution in [0, 0.1) is 0 Å². The summed E-state index contributed by atoms with van der Waals surface area (Å²) in [6.07, 6.45) is 0.955. The minimum atomic E-state index is -1.06. The lowest BCUT2D eigenvalue weighted by atomic mass is 10.1. The molecule has 2 rings (SSSR count). The molecule has 1 fully saturated rings. The van der Waals surface area contributed by atoms with Crippen molar-refractivity contribution in [2.24, 2.45) is 0 Å². The number of carboxylic acid groups (broad SMARTS) is 1. The van der Waals surface area contributed by atoms with E-state index in [9.17, 15) is 14.4 Å². The summed E-state index contributed by atoms with van der Waals surface area (Å²) in [5.41, 5.74) is 1.87. The number of aliphatic carboxylic acids is 1. The van der Waals surface area contributed by atoms with Gasteiger partial charge in [-0.15, -0.1) is 11.8 Å². The Bertz CT molecular complexity index is 573. The zero-order valence-electron chi connectivity index (χ0n) is 12.2. The zero-order chi connectivity index (χ0) is 16.1. The number of anilines is 1. The Kier molecular flexibility index (Phi) is 5.43. The Hall–Kier alpha value is -2.02. The molecule has 7 heteroatoms. The standard InChI is InChI=1S/C15H18N2O4S/c1-2-9-3-5-10(6-4-9)16-13(18)7-12-14(19)17-11(8-22-12)15(20)21/h3-6,11-12H,2,7-8H2,1H3,(H,16,18)(H,17,19)(H,20,21)/t11-,12-/m0/s1. The van der Waals surface area contributed by atoms with E-state index in [1.807, 2.05) is 24.3 Å². The van der Waals surface area contributed by atoms with Crippen LogP contribution in [0.4, 0.5) is 5.69 Å². The lowest BCUT2D eigenvalue weighted by Crippen LogP contribution is -2.51. The smallest absolute Gasteiger partial charge is 0.327 e. The third kappa shape index (κ3) is 4.24. The second-order valence-corrected chi connectivity index (χ2v) is 6.26. The van der Waals surface area contributed by atoms with Crippen molar-refractivity contribution in [2.75, 3.05) is 11.1 Å². The first-order valence-electron chi connectivity index (χ1n) is 7.03. The molecule has 1 aliphatic heterocycles. The van der Waals surface area contributed by atoms with Crippen molar-refractivity contribution in [3.63, 3.8) is 0 Å². The van der Waals surface area contributed by atoms with Crippen molar-refractivity contribution in [3.8, 4) is 0 Å². The first-order chi connectivity index (χ1) is 10.5. The van der Waals surface area contributed by atoms with Gasteiger partial charge in [0.1, 0.15) is 6.04 Å². The van der Waals surface area contributed by atoms with Crippen LogP contribution in [0.1, 0.15) is 18.9 Å². The molecule has 0 saturated carbocycles. The topological polar surface area (TPSA) is 95.5 Å². The van der Waals surface area contributed by atoms with Crippen LogP contribution in [-0.4, -0.2) is 39.9 Å². The maximum atomic E-state index is 12.0. The van der Waals surface area contributed by atoms with Crippen molar-refractivity contribution in [2.45, 2.75) is 31.1 Å². The highest BCUT2D eigenvalue weighted by molar-refractivity contribution is 8.00. The maximum Gasteiger partial charge on any atom is 0.327 e. The summed E-state index contributed by atoms with van der Waals surface area (Å²) in [4.78, 5) is 34.6. The lowest BCUT2D eigenvalue weighted by molar-refractivity contribution is -0.141. The molecule has 0 unspecified atom stereocenters. The minimum absolute atomic E-state index is 0.0262. The summed E-state index contributed by atoms with van der Waals surface area (Å²) in [5, 5.41) is 13.5. The van der Waals surface area contributed by atoms with Gasteiger partial charge in [-0.25, -0.2) is 4.79 Å². The number of aryl methyl sites for hydroxylation is 1. The number of nitrogens with one attached hydrogen (secondary N) is 2. The van der Waals surface area contributed by atoms with E-state index in [-0.39, 0.29) is 18.1 Å². The van der Waals surface area contributed by atoms with Gasteiger partial charge in [-0.05, 0) is 24.1 Å². The van der Waals surface area contributed by atoms with E-state index in [2.05, 4.69) is 17.6 Å². The number of carboxylic acids is 1. The van der Waals surface area contributed by atoms with Crippen molar-refractivity contribution in [1.29, 1.82) is 0 Å². The number of benzene rings is 1. The molecule has 1 saturated heterocycles. The predicted octanol–water partition coefficient (Wildman–Crippen LogP) is 1.26. The molecule has 2 atom stereocenters. The molecule has 2 amide bonds. The highest BCUT2D eigenvalue weighted by Gasteiger charge is 2.33. The molecule has 0 radical (unpaired) electrons. The first kappa shape index (κ1) is 16.4. The Morgan fingerprint density at radius 3 is 2.59 bits per heavy atom. The molecule has 118 valence electrons. The van der Waals surface area contributed by atoms with Crippen LogP contribution in [0.2, 0.25) is 0 Å². The molecule has 0 aliphatic carbocycles. The third-order valence-corrected chi connectivity index (χ3v) is 4.70. The highest BCUT2D eigenvalue weighted by Crippen LogP contribution is 2.22. The van der Waals surface area contributed by atoms with Crippen LogP contribution in [0.15, 0.2) is 24.3 Å². The fourth-order valence-electron chi connectivity index (χ4n) is 2.08. The lowest BCUT2D eigenvalue weighted by Gasteiger charge is -2.25. The van der Waals surface area contributed by atoms with Gasteiger partial charge >= 0.3 is 5.97 Å². The van der Waals surface area contributed by atoms with Gasteiger partial charge in [0.05, 0.1) is 5.25 Å². The van der Waals surface area contributed by atoms with Crippen LogP contribution >= 0.6 is 11.8 Å². The molecule has 0 bridgehead atoms. The highest BCUT2D eigenvalue weighted by atomic mass is 32.2. The molecule has 0 aromatic heterocycles. The Morgan fingerprint density at radius 2 is 2.05 bits per heavy atom. The number of amides is 2. The molecular weight excluding hydrogens is 304 g/mol. The van der Waals surface area contributed by atoms with Crippen molar-refractivity contribution >= 4 is 35.2 Å². The molecule has 1 aromatic carbocycles. The molecule has 6 nitrogen and oxygen atoms in total. The van der Waals surface area contributed by atoms with E-state index in [4.69, 9.17) is 5.11 Å². The van der Waals surface area contributed by atoms with E-state index in [0.29, 0.717) is 5.69 Å². The van der Waals surface area contributed by atoms with Gasteiger partial charge in [-0.2, -0.15) is 0 Å². The third-order valence-electron chi connectivity index (χ3n) is 3.39. The summed E-state index contributed by atoms with van der Waals surface area (Å²) in [5.74, 6) is -1.45. The van der Waals surface area contributed by atoms with Gasteiger partial charge in [0.2, 0.25) is 11.8 Å². The van der Waals surface area contributed by atoms with E-state index in [1.165, 1.54) is 17.3 Å². The van der Waals surface area contributed by atoms with Gasteiger partial charge in [0, 0.05) is 17.9 Å². The van der Waals surface area contributed by atoms with Crippen LogP contribution in [0.3, 0.4) is 0 Å². The summed E-state index contributed by atoms with van der Waals surface area (Å²) in [7, 11) is 0. The summed E-state index contributed by atoms with van der Waals surface area (Å²) >= 11 is 1.20. The summed E-state index contributed by atoms with van der Waals surface area (Å²) in [6.45, 7) is 2.05. The number of carbonyl (C=O) groups excluding carboxylic acids is 2. The van der Waals surface area contributed by atoms with Gasteiger partial charge < -0.3 is 15.7 Å². The second-order valence-electron chi connectivity index (χ2n) is 5.02. The molecular formula is C15H18N2O4S. The van der Waals surface area contributed by atoms with Gasteiger partial charge in [-0.1, -0.05) is 19.1 Å². The Labute approximate surface area is 132 Å². The quantitative estimate of drug-likeness (QED) is 0.758. The first-order valence-corrected chi connectivity index (χ1v) is 8.08. The molecule has 0 spiro atoms. The summed E-state index contributed by atoms with van der Waals surface area (Å²) < 4.78 is 0. The average Bonchev–Trinajstić information content (AvgIpc) is 2.50. The second kappa shape index (κ2) is 7.31. The molecule has 1 aliphatic rings. The normalized spacial score (nSPS) is 21.0. The predicted molar refractivity (Wildman–Crippen MR) is 84.9 cm³/mol. The number of thioether (sulfide) groups is 1. The monoisotopic (exact) mass is 322 g/mol. The largest absolute Gasteiger partial charge is 0.480 e. The molecule has 1 heterocycles. The fourth-order valence-corrected chi connectivity index (χ4v) is 3.22. The van der Waals surface area contributed by atoms with Gasteiger partial charge in [-0.3, -0.25) is 9.59 Å². The SMILES string of the molecule is CCc1ccc(NC(=O)C[C@@H]2SC[C@@H](C(=O)O)NC2=O)cc1. The average molecular weight is 322 g/mol. The number of hydrogen-bond donors (Lipinski definition) is 3. The maximum absolute atomic E-state index is 12.0. The number of rotatable bonds is 5. The molecule has 22 heavy (non-hydrogen) atoms. The van der Waals surface area contributed by atoms with Crippen LogP contribution in [-0.2, 0) is 20.8 Å². The summed E-state index contributed by atoms with van der Waals surface area (Å²) in [6, 6.07) is 6.65. The molecule has 3 N–H and O–H groups in total. The number of carbonyl (C=O) groups is 3. The minimum Gasteiger partial charge on any atom is -0.480 e. The van der Waals surface area contributed by atoms with Crippen LogP contribution < -0.4 is 10.6 Å². The molecule has 1 aromatic rings. The number of hydrogen-bond acceptors (Lipinski definition) is 4. The van der Waals surface area contributed by atoms with Crippen LogP contribution in [0.5, 0.6) is 0 Å². The van der Waals surface area contributed by atoms with E-state index < -0.39 is 23.2 Å². The van der Waals surface area contributed by atoms with E-state index >= 15 is 0 Å².